The first-order valence-corrected chi connectivity index (χ1v) is 13.0. The van der Waals surface area contributed by atoms with Crippen LogP contribution in [0.1, 0.15) is 12.2 Å². The van der Waals surface area contributed by atoms with Crippen LogP contribution >= 0.6 is 11.8 Å². The van der Waals surface area contributed by atoms with Crippen LogP contribution in [0.15, 0.2) is 29.4 Å². The molecule has 0 radical (unpaired) electrons. The Balaban J connectivity index is 1.26. The third kappa shape index (κ3) is 5.32. The summed E-state index contributed by atoms with van der Waals surface area (Å²) in [5, 5.41) is 9.02. The molecule has 168 valence electrons. The number of para-hydroxylation sites is 2. The number of fused-ring (bicyclic) bond motifs is 1. The summed E-state index contributed by atoms with van der Waals surface area (Å²) >= 11 is 1.32. The molecule has 2 aromatic rings. The van der Waals surface area contributed by atoms with Crippen LogP contribution in [0.4, 0.5) is 0 Å². The highest BCUT2D eigenvalue weighted by molar-refractivity contribution is 7.99. The number of ether oxygens (including phenoxy) is 2. The third-order valence-electron chi connectivity index (χ3n) is 5.52. The first kappa shape index (κ1) is 21.9. The Morgan fingerprint density at radius 2 is 2.06 bits per heavy atom. The van der Waals surface area contributed by atoms with E-state index in [1.165, 1.54) is 11.8 Å². The number of likely N-dealkylation sites (N-methyl/N-ethyl adjacent to an activating group) is 1. The van der Waals surface area contributed by atoms with Gasteiger partial charge in [-0.1, -0.05) is 23.9 Å². The Kier molecular flexibility index (Phi) is 6.42. The lowest BCUT2D eigenvalue weighted by Gasteiger charge is -2.29. The van der Waals surface area contributed by atoms with Gasteiger partial charge in [0.15, 0.2) is 32.6 Å². The SMILES string of the molecule is CN(CC1COc2ccccc2O1)C(=O)CSc1nnc(CC2CCS(=O)(=O)C2)n1C. The lowest BCUT2D eigenvalue weighted by molar-refractivity contribution is -0.128. The largest absolute Gasteiger partial charge is 0.486 e. The van der Waals surface area contributed by atoms with Crippen molar-refractivity contribution in [1.82, 2.24) is 19.7 Å². The lowest BCUT2D eigenvalue weighted by Crippen LogP contribution is -2.42. The van der Waals surface area contributed by atoms with Gasteiger partial charge in [0.25, 0.3) is 0 Å². The van der Waals surface area contributed by atoms with Crippen molar-refractivity contribution in [2.45, 2.75) is 24.1 Å². The zero-order valence-electron chi connectivity index (χ0n) is 17.6. The Hall–Kier alpha value is -2.27. The van der Waals surface area contributed by atoms with Crippen molar-refractivity contribution in [3.8, 4) is 11.5 Å². The van der Waals surface area contributed by atoms with Crippen LogP contribution in [0.3, 0.4) is 0 Å². The van der Waals surface area contributed by atoms with Gasteiger partial charge in [-0.05, 0) is 24.5 Å². The number of thioether (sulfide) groups is 1. The molecule has 1 saturated heterocycles. The Morgan fingerprint density at radius 1 is 1.29 bits per heavy atom. The molecule has 0 spiro atoms. The van der Waals surface area contributed by atoms with Gasteiger partial charge in [0, 0.05) is 20.5 Å². The summed E-state index contributed by atoms with van der Waals surface area (Å²) in [7, 11) is 0.679. The van der Waals surface area contributed by atoms with Crippen LogP contribution in [-0.2, 0) is 28.1 Å². The van der Waals surface area contributed by atoms with Crippen molar-refractivity contribution >= 4 is 27.5 Å². The van der Waals surface area contributed by atoms with E-state index in [9.17, 15) is 13.2 Å². The predicted octanol–water partition coefficient (Wildman–Crippen LogP) is 1.18. The number of sulfone groups is 1. The highest BCUT2D eigenvalue weighted by Gasteiger charge is 2.29. The van der Waals surface area contributed by atoms with Gasteiger partial charge in [-0.2, -0.15) is 0 Å². The minimum Gasteiger partial charge on any atom is -0.486 e. The smallest absolute Gasteiger partial charge is 0.232 e. The van der Waals surface area contributed by atoms with Crippen LogP contribution in [0.5, 0.6) is 11.5 Å². The summed E-state index contributed by atoms with van der Waals surface area (Å²) in [4.78, 5) is 14.2. The highest BCUT2D eigenvalue weighted by Crippen LogP contribution is 2.31. The molecule has 0 saturated carbocycles. The molecule has 9 nitrogen and oxygen atoms in total. The standard InChI is InChI=1S/C20H26N4O5S2/c1-23(10-15-11-28-16-5-3-4-6-17(16)29-15)19(25)12-30-20-22-21-18(24(20)2)9-14-7-8-31(26,27)13-14/h3-6,14-15H,7-13H2,1-2H3. The molecule has 1 aromatic heterocycles. The maximum absolute atomic E-state index is 12.6. The molecule has 0 N–H and O–H groups in total. The Labute approximate surface area is 186 Å². The predicted molar refractivity (Wildman–Crippen MR) is 116 cm³/mol. The van der Waals surface area contributed by atoms with E-state index in [-0.39, 0.29) is 35.2 Å². The molecule has 2 unspecified atom stereocenters. The second-order valence-corrected chi connectivity index (χ2v) is 11.2. The summed E-state index contributed by atoms with van der Waals surface area (Å²) < 4.78 is 36.8. The van der Waals surface area contributed by atoms with E-state index in [0.29, 0.717) is 36.9 Å². The van der Waals surface area contributed by atoms with Gasteiger partial charge in [-0.25, -0.2) is 8.42 Å². The first-order chi connectivity index (χ1) is 14.8. The maximum Gasteiger partial charge on any atom is 0.232 e. The van der Waals surface area contributed by atoms with Gasteiger partial charge in [0.05, 0.1) is 23.8 Å². The van der Waals surface area contributed by atoms with Crippen LogP contribution in [0.25, 0.3) is 0 Å². The van der Waals surface area contributed by atoms with Crippen molar-refractivity contribution < 1.29 is 22.7 Å². The average Bonchev–Trinajstić information content (AvgIpc) is 3.27. The second kappa shape index (κ2) is 9.07. The highest BCUT2D eigenvalue weighted by atomic mass is 32.2. The van der Waals surface area contributed by atoms with E-state index in [1.54, 1.807) is 11.9 Å². The number of rotatable bonds is 7. The van der Waals surface area contributed by atoms with E-state index in [0.717, 1.165) is 11.6 Å². The van der Waals surface area contributed by atoms with Gasteiger partial charge in [-0.3, -0.25) is 4.79 Å². The molecule has 11 heteroatoms. The van der Waals surface area contributed by atoms with E-state index in [1.807, 2.05) is 35.9 Å². The van der Waals surface area contributed by atoms with Crippen LogP contribution in [0, 0.1) is 5.92 Å². The molecule has 2 aliphatic rings. The number of carbonyl (C=O) groups excluding carboxylic acids is 1. The van der Waals surface area contributed by atoms with Crippen LogP contribution < -0.4 is 9.47 Å². The minimum atomic E-state index is -2.91. The number of aromatic nitrogens is 3. The van der Waals surface area contributed by atoms with Gasteiger partial charge >= 0.3 is 0 Å². The van der Waals surface area contributed by atoms with Gasteiger partial charge in [-0.15, -0.1) is 10.2 Å². The topological polar surface area (TPSA) is 104 Å². The van der Waals surface area contributed by atoms with E-state index >= 15 is 0 Å². The molecule has 31 heavy (non-hydrogen) atoms. The summed E-state index contributed by atoms with van der Waals surface area (Å²) in [5.74, 6) is 2.89. The molecule has 0 aliphatic carbocycles. The molecule has 2 aliphatic heterocycles. The fourth-order valence-electron chi connectivity index (χ4n) is 3.74. The normalized spacial score (nSPS) is 21.7. The third-order valence-corrected chi connectivity index (χ3v) is 8.36. The number of amides is 1. The zero-order valence-corrected chi connectivity index (χ0v) is 19.2. The molecular weight excluding hydrogens is 440 g/mol. The van der Waals surface area contributed by atoms with Gasteiger partial charge in [0.1, 0.15) is 12.4 Å². The summed E-state index contributed by atoms with van der Waals surface area (Å²) in [6.07, 6.45) is 1.02. The minimum absolute atomic E-state index is 0.0427. The number of hydrogen-bond acceptors (Lipinski definition) is 8. The molecule has 0 bridgehead atoms. The molecule has 2 atom stereocenters. The van der Waals surface area contributed by atoms with Crippen molar-refractivity contribution in [3.63, 3.8) is 0 Å². The van der Waals surface area contributed by atoms with Crippen molar-refractivity contribution in [2.24, 2.45) is 13.0 Å². The molecule has 4 rings (SSSR count). The van der Waals surface area contributed by atoms with Crippen molar-refractivity contribution in [2.75, 3.05) is 37.5 Å². The summed E-state index contributed by atoms with van der Waals surface area (Å²) in [6, 6.07) is 7.49. The maximum atomic E-state index is 12.6. The van der Waals surface area contributed by atoms with Gasteiger partial charge < -0.3 is 18.9 Å². The quantitative estimate of drug-likeness (QED) is 0.561. The number of nitrogens with zero attached hydrogens (tertiary/aromatic N) is 4. The zero-order chi connectivity index (χ0) is 22.0. The number of benzene rings is 1. The molecular formula is C20H26N4O5S2. The average molecular weight is 467 g/mol. The molecule has 1 fully saturated rings. The number of hydrogen-bond donors (Lipinski definition) is 0. The monoisotopic (exact) mass is 466 g/mol. The second-order valence-electron chi connectivity index (χ2n) is 7.99. The van der Waals surface area contributed by atoms with Crippen molar-refractivity contribution in [1.29, 1.82) is 0 Å². The molecule has 1 amide bonds. The fourth-order valence-corrected chi connectivity index (χ4v) is 6.47. The lowest BCUT2D eigenvalue weighted by atomic mass is 10.1. The Bertz CT molecular complexity index is 1060. The van der Waals surface area contributed by atoms with E-state index in [2.05, 4.69) is 10.2 Å². The number of carbonyl (C=O) groups is 1. The molecule has 1 aromatic carbocycles. The van der Waals surface area contributed by atoms with Gasteiger partial charge in [0.2, 0.25) is 5.91 Å². The summed E-state index contributed by atoms with van der Waals surface area (Å²) in [5.41, 5.74) is 0. The van der Waals surface area contributed by atoms with Crippen LogP contribution in [0.2, 0.25) is 0 Å². The fraction of sp³-hybridized carbons (Fsp3) is 0.550. The summed E-state index contributed by atoms with van der Waals surface area (Å²) in [6.45, 7) is 0.819. The van der Waals surface area contributed by atoms with Crippen LogP contribution in [-0.4, -0.2) is 77.6 Å². The molecule has 3 heterocycles. The Morgan fingerprint density at radius 3 is 2.81 bits per heavy atom. The van der Waals surface area contributed by atoms with E-state index in [4.69, 9.17) is 9.47 Å². The van der Waals surface area contributed by atoms with Crippen molar-refractivity contribution in [3.05, 3.63) is 30.1 Å². The first-order valence-electron chi connectivity index (χ1n) is 10.1. The van der Waals surface area contributed by atoms with E-state index < -0.39 is 9.84 Å².